The van der Waals surface area contributed by atoms with Crippen molar-refractivity contribution in [3.63, 3.8) is 0 Å². The number of rotatable bonds is 5. The van der Waals surface area contributed by atoms with E-state index in [1.165, 1.54) is 0 Å². The van der Waals surface area contributed by atoms with E-state index in [4.69, 9.17) is 14.2 Å². The van der Waals surface area contributed by atoms with Gasteiger partial charge in [0.05, 0.1) is 12.6 Å². The molecule has 0 spiro atoms. The summed E-state index contributed by atoms with van der Waals surface area (Å²) in [5, 5.41) is 3.63. The molecule has 110 valence electrons. The molecule has 3 unspecified atom stereocenters. The van der Waals surface area contributed by atoms with Crippen LogP contribution in [-0.4, -0.2) is 38.5 Å². The van der Waals surface area contributed by atoms with E-state index >= 15 is 0 Å². The van der Waals surface area contributed by atoms with Crippen LogP contribution in [0.4, 0.5) is 0 Å². The summed E-state index contributed by atoms with van der Waals surface area (Å²) in [4.78, 5) is 0. The number of hydrogen-bond acceptors (Lipinski definition) is 4. The van der Waals surface area contributed by atoms with Gasteiger partial charge in [0, 0.05) is 12.5 Å². The second-order valence-corrected chi connectivity index (χ2v) is 5.52. The van der Waals surface area contributed by atoms with Crippen LogP contribution < -0.4 is 14.8 Å². The molecular formula is C16H23NO3. The largest absolute Gasteiger partial charge is 0.486 e. The number of para-hydroxylation sites is 2. The highest BCUT2D eigenvalue weighted by atomic mass is 16.6. The first-order chi connectivity index (χ1) is 9.88. The van der Waals surface area contributed by atoms with Gasteiger partial charge in [-0.15, -0.1) is 0 Å². The van der Waals surface area contributed by atoms with Gasteiger partial charge in [-0.05, 0) is 31.5 Å². The summed E-state index contributed by atoms with van der Waals surface area (Å²) >= 11 is 0. The summed E-state index contributed by atoms with van der Waals surface area (Å²) < 4.78 is 17.6. The second kappa shape index (κ2) is 6.46. The smallest absolute Gasteiger partial charge is 0.161 e. The minimum atomic E-state index is 0.0585. The first-order valence-electron chi connectivity index (χ1n) is 7.58. The lowest BCUT2D eigenvalue weighted by atomic mass is 9.93. The molecule has 0 bridgehead atoms. The van der Waals surface area contributed by atoms with Gasteiger partial charge in [-0.2, -0.15) is 0 Å². The summed E-state index contributed by atoms with van der Waals surface area (Å²) in [5.74, 6) is 2.21. The van der Waals surface area contributed by atoms with Crippen molar-refractivity contribution >= 4 is 0 Å². The zero-order valence-corrected chi connectivity index (χ0v) is 12.0. The molecule has 3 atom stereocenters. The monoisotopic (exact) mass is 277 g/mol. The molecule has 0 aromatic heterocycles. The normalized spacial score (nSPS) is 26.4. The Hall–Kier alpha value is -1.26. The second-order valence-electron chi connectivity index (χ2n) is 5.52. The van der Waals surface area contributed by atoms with Crippen LogP contribution in [0.25, 0.3) is 0 Å². The molecule has 20 heavy (non-hydrogen) atoms. The highest BCUT2D eigenvalue weighted by molar-refractivity contribution is 5.40. The molecule has 1 fully saturated rings. The van der Waals surface area contributed by atoms with Gasteiger partial charge in [0.2, 0.25) is 0 Å². The van der Waals surface area contributed by atoms with E-state index in [9.17, 15) is 0 Å². The van der Waals surface area contributed by atoms with Crippen LogP contribution in [0.15, 0.2) is 24.3 Å². The summed E-state index contributed by atoms with van der Waals surface area (Å²) in [7, 11) is 0. The average Bonchev–Trinajstić information content (AvgIpc) is 3.02. The Balaban J connectivity index is 1.71. The Morgan fingerprint density at radius 3 is 2.85 bits per heavy atom. The number of ether oxygens (including phenoxy) is 3. The zero-order valence-electron chi connectivity index (χ0n) is 12.0. The maximum absolute atomic E-state index is 6.16. The molecule has 0 radical (unpaired) electrons. The molecule has 0 aliphatic carbocycles. The molecule has 1 aromatic rings. The van der Waals surface area contributed by atoms with Gasteiger partial charge in [-0.25, -0.2) is 0 Å². The van der Waals surface area contributed by atoms with Crippen molar-refractivity contribution < 1.29 is 14.2 Å². The summed E-state index contributed by atoms with van der Waals surface area (Å²) in [6, 6.07) is 8.19. The van der Waals surface area contributed by atoms with Crippen molar-refractivity contribution in [2.45, 2.75) is 31.9 Å². The Labute approximate surface area is 120 Å². The maximum Gasteiger partial charge on any atom is 0.161 e. The highest BCUT2D eigenvalue weighted by Gasteiger charge is 2.35. The number of hydrogen-bond donors (Lipinski definition) is 1. The molecule has 3 rings (SSSR count). The Bertz CT molecular complexity index is 431. The van der Waals surface area contributed by atoms with Gasteiger partial charge in [-0.1, -0.05) is 19.1 Å². The van der Waals surface area contributed by atoms with Crippen molar-refractivity contribution in [2.24, 2.45) is 5.92 Å². The summed E-state index contributed by atoms with van der Waals surface area (Å²) in [5.41, 5.74) is 0. The van der Waals surface area contributed by atoms with E-state index in [1.807, 2.05) is 24.3 Å². The van der Waals surface area contributed by atoms with Gasteiger partial charge in [0.1, 0.15) is 12.7 Å². The molecule has 2 aliphatic heterocycles. The lowest BCUT2D eigenvalue weighted by Crippen LogP contribution is -2.52. The van der Waals surface area contributed by atoms with Crippen LogP contribution in [0, 0.1) is 5.92 Å². The molecule has 4 nitrogen and oxygen atoms in total. The van der Waals surface area contributed by atoms with Crippen molar-refractivity contribution in [1.82, 2.24) is 5.32 Å². The zero-order chi connectivity index (χ0) is 13.8. The van der Waals surface area contributed by atoms with E-state index in [0.29, 0.717) is 18.6 Å². The van der Waals surface area contributed by atoms with E-state index in [1.54, 1.807) is 0 Å². The van der Waals surface area contributed by atoms with Crippen LogP contribution in [0.5, 0.6) is 11.5 Å². The van der Waals surface area contributed by atoms with Gasteiger partial charge < -0.3 is 19.5 Å². The minimum absolute atomic E-state index is 0.0585. The van der Waals surface area contributed by atoms with E-state index in [2.05, 4.69) is 12.2 Å². The highest BCUT2D eigenvalue weighted by Crippen LogP contribution is 2.33. The van der Waals surface area contributed by atoms with Gasteiger partial charge in [-0.3, -0.25) is 0 Å². The van der Waals surface area contributed by atoms with Crippen LogP contribution in [0.1, 0.15) is 19.8 Å². The first kappa shape index (κ1) is 13.7. The molecular weight excluding hydrogens is 254 g/mol. The van der Waals surface area contributed by atoms with Crippen molar-refractivity contribution in [3.05, 3.63) is 24.3 Å². The lowest BCUT2D eigenvalue weighted by Gasteiger charge is -2.35. The fourth-order valence-electron chi connectivity index (χ4n) is 2.96. The number of benzene rings is 1. The van der Waals surface area contributed by atoms with Gasteiger partial charge >= 0.3 is 0 Å². The Kier molecular flexibility index (Phi) is 4.43. The third kappa shape index (κ3) is 2.91. The van der Waals surface area contributed by atoms with Gasteiger partial charge in [0.25, 0.3) is 0 Å². The minimum Gasteiger partial charge on any atom is -0.486 e. The number of nitrogens with one attached hydrogen (secondary N) is 1. The average molecular weight is 277 g/mol. The molecule has 1 N–H and O–H groups in total. The maximum atomic E-state index is 6.16. The van der Waals surface area contributed by atoms with E-state index < -0.39 is 0 Å². The fourth-order valence-corrected chi connectivity index (χ4v) is 2.96. The van der Waals surface area contributed by atoms with Crippen LogP contribution in [0.3, 0.4) is 0 Å². The van der Waals surface area contributed by atoms with Crippen LogP contribution in [0.2, 0.25) is 0 Å². The van der Waals surface area contributed by atoms with Crippen molar-refractivity contribution in [1.29, 1.82) is 0 Å². The summed E-state index contributed by atoms with van der Waals surface area (Å²) in [6.07, 6.45) is 2.28. The predicted octanol–water partition coefficient (Wildman–Crippen LogP) is 2.23. The van der Waals surface area contributed by atoms with Crippen molar-refractivity contribution in [3.8, 4) is 11.5 Å². The Morgan fingerprint density at radius 2 is 2.10 bits per heavy atom. The fraction of sp³-hybridized carbons (Fsp3) is 0.625. The Morgan fingerprint density at radius 1 is 1.25 bits per heavy atom. The van der Waals surface area contributed by atoms with E-state index in [0.717, 1.165) is 44.1 Å². The van der Waals surface area contributed by atoms with Crippen LogP contribution in [-0.2, 0) is 4.74 Å². The molecule has 2 aliphatic rings. The van der Waals surface area contributed by atoms with Gasteiger partial charge in [0.15, 0.2) is 11.5 Å². The van der Waals surface area contributed by atoms with Crippen molar-refractivity contribution in [2.75, 3.05) is 26.4 Å². The summed E-state index contributed by atoms with van der Waals surface area (Å²) in [6.45, 7) is 5.47. The molecule has 0 saturated carbocycles. The lowest BCUT2D eigenvalue weighted by molar-refractivity contribution is 0.0407. The van der Waals surface area contributed by atoms with Crippen LogP contribution >= 0.6 is 0 Å². The number of fused-ring (bicyclic) bond motifs is 1. The predicted molar refractivity (Wildman–Crippen MR) is 77.4 cm³/mol. The topological polar surface area (TPSA) is 39.7 Å². The third-order valence-corrected chi connectivity index (χ3v) is 4.03. The standard InChI is InChI=1S/C16H23NO3/c1-2-8-17-16(12-7-9-18-10-12)15-11-19-13-5-3-4-6-14(13)20-15/h3-6,12,15-17H,2,7-11H2,1H3. The molecule has 2 heterocycles. The molecule has 4 heteroatoms. The molecule has 1 aromatic carbocycles. The SMILES string of the molecule is CCCNC(C1CCOC1)C1COc2ccccc2O1. The molecule has 0 amide bonds. The first-order valence-corrected chi connectivity index (χ1v) is 7.58. The van der Waals surface area contributed by atoms with E-state index in [-0.39, 0.29) is 6.10 Å². The quantitative estimate of drug-likeness (QED) is 0.896. The third-order valence-electron chi connectivity index (χ3n) is 4.03. The molecule has 1 saturated heterocycles.